The first-order valence-electron chi connectivity index (χ1n) is 6.48. The van der Waals surface area contributed by atoms with E-state index in [-0.39, 0.29) is 5.41 Å². The monoisotopic (exact) mass is 264 g/mol. The first kappa shape index (κ1) is 13.9. The molecule has 0 fully saturated rings. The molecule has 20 heavy (non-hydrogen) atoms. The molecule has 100 valence electrons. The number of allylic oxidation sites excluding steroid dienone is 5. The van der Waals surface area contributed by atoms with Crippen molar-refractivity contribution in [2.45, 2.75) is 12.8 Å². The van der Waals surface area contributed by atoms with Crippen LogP contribution in [-0.4, -0.2) is 5.97 Å². The van der Waals surface area contributed by atoms with Gasteiger partial charge < -0.3 is 4.74 Å². The molecule has 1 atom stereocenters. The molecule has 1 aromatic rings. The number of hydrogen-bond acceptors (Lipinski definition) is 2. The van der Waals surface area contributed by atoms with E-state index in [1.807, 2.05) is 24.3 Å². The average Bonchev–Trinajstić information content (AvgIpc) is 2.53. The lowest BCUT2D eigenvalue weighted by molar-refractivity contribution is 0.0690. The molecule has 0 N–H and O–H groups in total. The van der Waals surface area contributed by atoms with Crippen LogP contribution in [0.4, 0.5) is 0 Å². The molecule has 0 radical (unpaired) electrons. The van der Waals surface area contributed by atoms with E-state index in [9.17, 15) is 4.79 Å². The summed E-state index contributed by atoms with van der Waals surface area (Å²) in [5.74, 6) is 2.47. The lowest BCUT2D eigenvalue weighted by atomic mass is 9.79. The van der Waals surface area contributed by atoms with E-state index < -0.39 is 5.97 Å². The number of hydrogen-bond donors (Lipinski definition) is 0. The van der Waals surface area contributed by atoms with E-state index in [1.54, 1.807) is 24.3 Å². The summed E-state index contributed by atoms with van der Waals surface area (Å²) in [6.45, 7) is 3.86. The molecular weight excluding hydrogens is 248 g/mol. The highest BCUT2D eigenvalue weighted by Crippen LogP contribution is 2.32. The molecule has 1 aliphatic rings. The zero-order valence-electron chi connectivity index (χ0n) is 11.2. The SMILES string of the molecule is C=CC1(CC#COC(=O)c2ccccc2)C=CC=CC1. The largest absolute Gasteiger partial charge is 0.369 e. The van der Waals surface area contributed by atoms with Crippen molar-refractivity contribution >= 4 is 5.97 Å². The lowest BCUT2D eigenvalue weighted by Crippen LogP contribution is -2.14. The van der Waals surface area contributed by atoms with Gasteiger partial charge in [0.05, 0.1) is 5.56 Å². The second kappa shape index (κ2) is 6.58. The highest BCUT2D eigenvalue weighted by atomic mass is 16.5. The Morgan fingerprint density at radius 2 is 2.15 bits per heavy atom. The fraction of sp³-hybridized carbons (Fsp3) is 0.167. The van der Waals surface area contributed by atoms with Crippen LogP contribution in [0.25, 0.3) is 0 Å². The normalized spacial score (nSPS) is 19.8. The van der Waals surface area contributed by atoms with Crippen molar-refractivity contribution in [3.8, 4) is 12.0 Å². The van der Waals surface area contributed by atoms with Gasteiger partial charge in [-0.15, -0.1) is 6.58 Å². The predicted molar refractivity (Wildman–Crippen MR) is 79.8 cm³/mol. The molecule has 0 heterocycles. The molecule has 2 nitrogen and oxygen atoms in total. The van der Waals surface area contributed by atoms with Crippen LogP contribution in [0.5, 0.6) is 0 Å². The Balaban J connectivity index is 1.92. The molecule has 2 rings (SSSR count). The molecule has 2 heteroatoms. The molecule has 1 aliphatic carbocycles. The molecule has 0 saturated carbocycles. The Bertz CT molecular complexity index is 599. The molecular formula is C18H16O2. The number of carbonyl (C=O) groups is 1. The molecule has 0 bridgehead atoms. The van der Waals surface area contributed by atoms with Crippen LogP contribution < -0.4 is 0 Å². The summed E-state index contributed by atoms with van der Waals surface area (Å²) in [6, 6.07) is 8.82. The minimum atomic E-state index is -0.426. The second-order valence-corrected chi connectivity index (χ2v) is 4.64. The van der Waals surface area contributed by atoms with Crippen LogP contribution in [0.1, 0.15) is 23.2 Å². The Kier molecular flexibility index (Phi) is 4.57. The molecule has 1 aromatic carbocycles. The Hall–Kier alpha value is -2.53. The molecule has 0 saturated heterocycles. The van der Waals surface area contributed by atoms with Gasteiger partial charge in [-0.3, -0.25) is 0 Å². The van der Waals surface area contributed by atoms with Gasteiger partial charge in [-0.05, 0) is 18.6 Å². The van der Waals surface area contributed by atoms with Gasteiger partial charge in [0.25, 0.3) is 0 Å². The van der Waals surface area contributed by atoms with Crippen molar-refractivity contribution in [3.63, 3.8) is 0 Å². The zero-order valence-corrected chi connectivity index (χ0v) is 11.2. The Labute approximate surface area is 119 Å². The third kappa shape index (κ3) is 3.49. The van der Waals surface area contributed by atoms with Gasteiger partial charge in [-0.2, -0.15) is 0 Å². The summed E-state index contributed by atoms with van der Waals surface area (Å²) in [4.78, 5) is 11.7. The summed E-state index contributed by atoms with van der Waals surface area (Å²) >= 11 is 0. The van der Waals surface area contributed by atoms with Crippen LogP contribution in [0.2, 0.25) is 0 Å². The first-order chi connectivity index (χ1) is 9.76. The van der Waals surface area contributed by atoms with Crippen molar-refractivity contribution in [2.75, 3.05) is 0 Å². The van der Waals surface area contributed by atoms with Crippen LogP contribution in [0, 0.1) is 17.4 Å². The number of ether oxygens (including phenoxy) is 1. The zero-order chi connectivity index (χ0) is 14.3. The van der Waals surface area contributed by atoms with Crippen molar-refractivity contribution in [1.82, 2.24) is 0 Å². The van der Waals surface area contributed by atoms with Crippen LogP contribution in [-0.2, 0) is 4.74 Å². The van der Waals surface area contributed by atoms with E-state index in [4.69, 9.17) is 4.74 Å². The summed E-state index contributed by atoms with van der Waals surface area (Å²) in [7, 11) is 0. The van der Waals surface area contributed by atoms with Gasteiger partial charge in [-0.25, -0.2) is 4.79 Å². The first-order valence-corrected chi connectivity index (χ1v) is 6.48. The van der Waals surface area contributed by atoms with E-state index in [2.05, 4.69) is 30.8 Å². The number of carbonyl (C=O) groups excluding carboxylic acids is 1. The predicted octanol–water partition coefficient (Wildman–Crippen LogP) is 3.88. The molecule has 0 aliphatic heterocycles. The van der Waals surface area contributed by atoms with Gasteiger partial charge in [0, 0.05) is 11.8 Å². The maximum absolute atomic E-state index is 11.7. The quantitative estimate of drug-likeness (QED) is 0.470. The van der Waals surface area contributed by atoms with E-state index in [0.717, 1.165) is 6.42 Å². The smallest absolute Gasteiger partial charge is 0.352 e. The number of esters is 1. The second-order valence-electron chi connectivity index (χ2n) is 4.64. The van der Waals surface area contributed by atoms with Crippen LogP contribution in [0.3, 0.4) is 0 Å². The third-order valence-corrected chi connectivity index (χ3v) is 3.22. The summed E-state index contributed by atoms with van der Waals surface area (Å²) in [5.41, 5.74) is 0.349. The van der Waals surface area contributed by atoms with Gasteiger partial charge >= 0.3 is 5.97 Å². The number of benzene rings is 1. The summed E-state index contributed by atoms with van der Waals surface area (Å²) in [5, 5.41) is 0. The fourth-order valence-electron chi connectivity index (χ4n) is 1.95. The Morgan fingerprint density at radius 3 is 2.80 bits per heavy atom. The topological polar surface area (TPSA) is 26.3 Å². The molecule has 0 aromatic heterocycles. The van der Waals surface area contributed by atoms with Gasteiger partial charge in [0.2, 0.25) is 0 Å². The summed E-state index contributed by atoms with van der Waals surface area (Å²) in [6.07, 6.45) is 14.0. The Morgan fingerprint density at radius 1 is 1.35 bits per heavy atom. The molecule has 0 amide bonds. The third-order valence-electron chi connectivity index (χ3n) is 3.22. The maximum Gasteiger partial charge on any atom is 0.352 e. The molecule has 0 spiro atoms. The lowest BCUT2D eigenvalue weighted by Gasteiger charge is -2.24. The fourth-order valence-corrected chi connectivity index (χ4v) is 1.95. The number of rotatable bonds is 3. The van der Waals surface area contributed by atoms with Crippen molar-refractivity contribution < 1.29 is 9.53 Å². The van der Waals surface area contributed by atoms with Gasteiger partial charge in [0.15, 0.2) is 0 Å². The van der Waals surface area contributed by atoms with Crippen molar-refractivity contribution in [2.24, 2.45) is 5.41 Å². The van der Waals surface area contributed by atoms with E-state index >= 15 is 0 Å². The van der Waals surface area contributed by atoms with Gasteiger partial charge in [-0.1, -0.05) is 54.5 Å². The van der Waals surface area contributed by atoms with Crippen LogP contribution >= 0.6 is 0 Å². The minimum absolute atomic E-state index is 0.152. The standard InChI is InChI=1S/C18H16O2/c1-2-18(12-7-4-8-13-18)14-9-15-20-17(19)16-10-5-3-6-11-16/h2-8,10-12H,1,13-14H2. The van der Waals surface area contributed by atoms with Crippen molar-refractivity contribution in [1.29, 1.82) is 0 Å². The molecule has 1 unspecified atom stereocenters. The highest BCUT2D eigenvalue weighted by molar-refractivity contribution is 5.89. The average molecular weight is 264 g/mol. The van der Waals surface area contributed by atoms with E-state index in [1.165, 1.54) is 0 Å². The van der Waals surface area contributed by atoms with Gasteiger partial charge in [0.1, 0.15) is 6.11 Å². The van der Waals surface area contributed by atoms with E-state index in [0.29, 0.717) is 12.0 Å². The minimum Gasteiger partial charge on any atom is -0.369 e. The van der Waals surface area contributed by atoms with Crippen LogP contribution in [0.15, 0.2) is 67.3 Å². The maximum atomic E-state index is 11.7. The summed E-state index contributed by atoms with van der Waals surface area (Å²) < 4.78 is 4.93. The van der Waals surface area contributed by atoms with Crippen molar-refractivity contribution in [3.05, 3.63) is 72.9 Å². The highest BCUT2D eigenvalue weighted by Gasteiger charge is 2.21.